The molecule has 1 aromatic heterocycles. The molecule has 94 valence electrons. The predicted octanol–water partition coefficient (Wildman–Crippen LogP) is 3.11. The molecule has 1 N–H and O–H groups in total. The molecule has 0 amide bonds. The van der Waals surface area contributed by atoms with Gasteiger partial charge in [0, 0.05) is 12.7 Å². The highest BCUT2D eigenvalue weighted by atomic mass is 19.4. The number of nitrogens with zero attached hydrogens (tertiary/aromatic N) is 2. The normalized spacial score (nSPS) is 11.3. The fraction of sp³-hybridized carbons (Fsp3) is 0.167. The quantitative estimate of drug-likeness (QED) is 0.913. The third-order valence-corrected chi connectivity index (χ3v) is 2.36. The second-order valence-corrected chi connectivity index (χ2v) is 3.60. The highest BCUT2D eigenvalue weighted by Gasteiger charge is 2.32. The van der Waals surface area contributed by atoms with Crippen molar-refractivity contribution in [2.24, 2.45) is 0 Å². The Morgan fingerprint density at radius 1 is 1.11 bits per heavy atom. The van der Waals surface area contributed by atoms with Crippen molar-refractivity contribution in [3.8, 4) is 0 Å². The maximum atomic E-state index is 12.7. The number of hydrogen-bond acceptors (Lipinski definition) is 3. The van der Waals surface area contributed by atoms with Gasteiger partial charge in [-0.25, -0.2) is 9.97 Å². The molecule has 18 heavy (non-hydrogen) atoms. The van der Waals surface area contributed by atoms with Gasteiger partial charge in [0.15, 0.2) is 0 Å². The molecule has 0 radical (unpaired) electrons. The molecular formula is C12H10F3N3. The van der Waals surface area contributed by atoms with Crippen LogP contribution in [0.5, 0.6) is 0 Å². The average molecular weight is 253 g/mol. The van der Waals surface area contributed by atoms with Crippen molar-refractivity contribution in [2.75, 3.05) is 5.32 Å². The molecule has 0 aliphatic heterocycles. The SMILES string of the molecule is FC(F)(F)c1ccccc1CNc1ccncn1. The zero-order valence-electron chi connectivity index (χ0n) is 9.28. The van der Waals surface area contributed by atoms with E-state index in [0.29, 0.717) is 5.82 Å². The summed E-state index contributed by atoms with van der Waals surface area (Å²) in [5.41, 5.74) is -0.449. The first-order valence-corrected chi connectivity index (χ1v) is 5.22. The molecule has 0 atom stereocenters. The third-order valence-electron chi connectivity index (χ3n) is 2.36. The lowest BCUT2D eigenvalue weighted by molar-refractivity contribution is -0.138. The minimum absolute atomic E-state index is 0.0622. The molecule has 1 aromatic carbocycles. The summed E-state index contributed by atoms with van der Waals surface area (Å²) in [6.45, 7) is 0.0622. The summed E-state index contributed by atoms with van der Waals surface area (Å²) in [6, 6.07) is 7.05. The van der Waals surface area contributed by atoms with Gasteiger partial charge in [-0.3, -0.25) is 0 Å². The Hall–Kier alpha value is -2.11. The molecule has 0 bridgehead atoms. The van der Waals surface area contributed by atoms with E-state index in [0.717, 1.165) is 6.07 Å². The van der Waals surface area contributed by atoms with E-state index in [9.17, 15) is 13.2 Å². The molecule has 0 saturated carbocycles. The largest absolute Gasteiger partial charge is 0.416 e. The van der Waals surface area contributed by atoms with Crippen LogP contribution in [0.1, 0.15) is 11.1 Å². The number of nitrogens with one attached hydrogen (secondary N) is 1. The highest BCUT2D eigenvalue weighted by molar-refractivity contribution is 5.36. The Morgan fingerprint density at radius 3 is 2.56 bits per heavy atom. The minimum atomic E-state index is -4.34. The van der Waals surface area contributed by atoms with E-state index in [-0.39, 0.29) is 12.1 Å². The molecule has 0 saturated heterocycles. The molecule has 0 aliphatic carbocycles. The number of halogens is 3. The lowest BCUT2D eigenvalue weighted by Crippen LogP contribution is -2.12. The van der Waals surface area contributed by atoms with Crippen LogP contribution in [0.2, 0.25) is 0 Å². The summed E-state index contributed by atoms with van der Waals surface area (Å²) >= 11 is 0. The highest BCUT2D eigenvalue weighted by Crippen LogP contribution is 2.31. The van der Waals surface area contributed by atoms with Crippen LogP contribution < -0.4 is 5.32 Å². The lowest BCUT2D eigenvalue weighted by Gasteiger charge is -2.13. The molecule has 3 nitrogen and oxygen atoms in total. The van der Waals surface area contributed by atoms with E-state index < -0.39 is 11.7 Å². The first kappa shape index (κ1) is 12.3. The zero-order chi connectivity index (χ0) is 13.0. The molecule has 1 heterocycles. The van der Waals surface area contributed by atoms with Crippen LogP contribution in [0.4, 0.5) is 19.0 Å². The maximum absolute atomic E-state index is 12.7. The van der Waals surface area contributed by atoms with Crippen molar-refractivity contribution >= 4 is 5.82 Å². The van der Waals surface area contributed by atoms with Crippen LogP contribution >= 0.6 is 0 Å². The Labute approximate surface area is 102 Å². The van der Waals surface area contributed by atoms with Gasteiger partial charge in [0.05, 0.1) is 5.56 Å². The topological polar surface area (TPSA) is 37.8 Å². The van der Waals surface area contributed by atoms with Gasteiger partial charge in [-0.05, 0) is 17.7 Å². The van der Waals surface area contributed by atoms with Crippen molar-refractivity contribution in [1.82, 2.24) is 9.97 Å². The van der Waals surface area contributed by atoms with Gasteiger partial charge in [-0.15, -0.1) is 0 Å². The lowest BCUT2D eigenvalue weighted by atomic mass is 10.1. The Bertz CT molecular complexity index is 511. The summed E-state index contributed by atoms with van der Waals surface area (Å²) in [5.74, 6) is 0.488. The van der Waals surface area contributed by atoms with E-state index in [2.05, 4.69) is 15.3 Å². The Morgan fingerprint density at radius 2 is 1.89 bits per heavy atom. The molecule has 0 spiro atoms. The van der Waals surface area contributed by atoms with Gasteiger partial charge in [0.2, 0.25) is 0 Å². The van der Waals surface area contributed by atoms with E-state index >= 15 is 0 Å². The molecule has 0 unspecified atom stereocenters. The van der Waals surface area contributed by atoms with E-state index in [1.165, 1.54) is 24.7 Å². The fourth-order valence-corrected chi connectivity index (χ4v) is 1.53. The predicted molar refractivity (Wildman–Crippen MR) is 60.8 cm³/mol. The Kier molecular flexibility index (Phi) is 3.45. The van der Waals surface area contributed by atoms with Gasteiger partial charge in [0.1, 0.15) is 12.1 Å². The number of hydrogen-bond donors (Lipinski definition) is 1. The van der Waals surface area contributed by atoms with Gasteiger partial charge in [-0.2, -0.15) is 13.2 Å². The van der Waals surface area contributed by atoms with E-state index in [1.807, 2.05) is 0 Å². The van der Waals surface area contributed by atoms with E-state index in [4.69, 9.17) is 0 Å². The monoisotopic (exact) mass is 253 g/mol. The number of benzene rings is 1. The third kappa shape index (κ3) is 2.97. The van der Waals surface area contributed by atoms with Crippen molar-refractivity contribution in [3.05, 3.63) is 54.0 Å². The smallest absolute Gasteiger partial charge is 0.366 e. The molecule has 0 aliphatic rings. The average Bonchev–Trinajstić information content (AvgIpc) is 2.37. The summed E-state index contributed by atoms with van der Waals surface area (Å²) < 4.78 is 38.2. The van der Waals surface area contributed by atoms with E-state index in [1.54, 1.807) is 12.1 Å². The Balaban J connectivity index is 2.15. The molecule has 0 fully saturated rings. The van der Waals surface area contributed by atoms with Gasteiger partial charge in [-0.1, -0.05) is 18.2 Å². The van der Waals surface area contributed by atoms with Gasteiger partial charge in [0.25, 0.3) is 0 Å². The van der Waals surface area contributed by atoms with Crippen LogP contribution in [-0.2, 0) is 12.7 Å². The zero-order valence-corrected chi connectivity index (χ0v) is 9.28. The van der Waals surface area contributed by atoms with Gasteiger partial charge < -0.3 is 5.32 Å². The fourth-order valence-electron chi connectivity index (χ4n) is 1.53. The van der Waals surface area contributed by atoms with Crippen LogP contribution in [0.15, 0.2) is 42.9 Å². The van der Waals surface area contributed by atoms with Crippen LogP contribution in [0.25, 0.3) is 0 Å². The van der Waals surface area contributed by atoms with Crippen LogP contribution in [0.3, 0.4) is 0 Å². The minimum Gasteiger partial charge on any atom is -0.366 e. The molecule has 2 aromatic rings. The van der Waals surface area contributed by atoms with Crippen molar-refractivity contribution in [1.29, 1.82) is 0 Å². The number of anilines is 1. The van der Waals surface area contributed by atoms with Crippen LogP contribution in [-0.4, -0.2) is 9.97 Å². The number of rotatable bonds is 3. The standard InChI is InChI=1S/C12H10F3N3/c13-12(14,15)10-4-2-1-3-9(10)7-17-11-5-6-16-8-18-11/h1-6,8H,7H2,(H,16,17,18). The number of aromatic nitrogens is 2. The summed E-state index contributed by atoms with van der Waals surface area (Å²) in [6.07, 6.45) is -1.49. The molecule has 2 rings (SSSR count). The van der Waals surface area contributed by atoms with Crippen LogP contribution in [0, 0.1) is 0 Å². The second-order valence-electron chi connectivity index (χ2n) is 3.60. The summed E-state index contributed by atoms with van der Waals surface area (Å²) in [5, 5.41) is 2.82. The summed E-state index contributed by atoms with van der Waals surface area (Å²) in [4.78, 5) is 7.61. The first-order chi connectivity index (χ1) is 8.57. The van der Waals surface area contributed by atoms with Crippen molar-refractivity contribution < 1.29 is 13.2 Å². The molecular weight excluding hydrogens is 243 g/mol. The maximum Gasteiger partial charge on any atom is 0.416 e. The van der Waals surface area contributed by atoms with Crippen molar-refractivity contribution in [2.45, 2.75) is 12.7 Å². The van der Waals surface area contributed by atoms with Gasteiger partial charge >= 0.3 is 6.18 Å². The first-order valence-electron chi connectivity index (χ1n) is 5.22. The van der Waals surface area contributed by atoms with Crippen molar-refractivity contribution in [3.63, 3.8) is 0 Å². The number of alkyl halides is 3. The summed E-state index contributed by atoms with van der Waals surface area (Å²) in [7, 11) is 0. The molecule has 6 heteroatoms. The second kappa shape index (κ2) is 5.03.